The average molecular weight is 294 g/mol. The van der Waals surface area contributed by atoms with Crippen LogP contribution in [0.3, 0.4) is 0 Å². The number of aromatic nitrogens is 2. The molecule has 0 fully saturated rings. The number of nitriles is 1. The van der Waals surface area contributed by atoms with Gasteiger partial charge in [-0.2, -0.15) is 10.4 Å². The highest BCUT2D eigenvalue weighted by Gasteiger charge is 2.23. The molecule has 0 unspecified atom stereocenters. The summed E-state index contributed by atoms with van der Waals surface area (Å²) in [5, 5.41) is 14.1. The first-order valence-electron chi connectivity index (χ1n) is 7.97. The lowest BCUT2D eigenvalue weighted by atomic mass is 10.0. The lowest BCUT2D eigenvalue weighted by Gasteiger charge is -2.23. The van der Waals surface area contributed by atoms with E-state index < -0.39 is 0 Å². The van der Waals surface area contributed by atoms with Gasteiger partial charge in [-0.3, -0.25) is 4.68 Å². The third-order valence-electron chi connectivity index (χ3n) is 4.35. The highest BCUT2D eigenvalue weighted by atomic mass is 15.3. The Morgan fingerprint density at radius 3 is 2.91 bits per heavy atom. The smallest absolute Gasteiger partial charge is 0.0995 e. The van der Waals surface area contributed by atoms with Crippen LogP contribution in [0.25, 0.3) is 0 Å². The van der Waals surface area contributed by atoms with Gasteiger partial charge in [0.05, 0.1) is 23.9 Å². The third kappa shape index (κ3) is 2.77. The van der Waals surface area contributed by atoms with Crippen molar-refractivity contribution >= 4 is 0 Å². The molecule has 1 aliphatic heterocycles. The summed E-state index contributed by atoms with van der Waals surface area (Å²) in [6, 6.07) is 10.1. The summed E-state index contributed by atoms with van der Waals surface area (Å²) in [6.07, 6.45) is 3.18. The zero-order chi connectivity index (χ0) is 15.5. The van der Waals surface area contributed by atoms with E-state index >= 15 is 0 Å². The molecular weight excluding hydrogens is 272 g/mol. The second-order valence-electron chi connectivity index (χ2n) is 6.04. The summed E-state index contributed by atoms with van der Waals surface area (Å²) >= 11 is 0. The number of aryl methyl sites for hydroxylation is 1. The Kier molecular flexibility index (Phi) is 4.26. The van der Waals surface area contributed by atoms with Gasteiger partial charge in [0.25, 0.3) is 0 Å². The summed E-state index contributed by atoms with van der Waals surface area (Å²) in [7, 11) is 2.17. The van der Waals surface area contributed by atoms with Gasteiger partial charge in [-0.25, -0.2) is 0 Å². The molecule has 2 heterocycles. The van der Waals surface area contributed by atoms with Crippen LogP contribution in [0, 0.1) is 11.3 Å². The molecule has 0 bridgehead atoms. The van der Waals surface area contributed by atoms with Gasteiger partial charge < -0.3 is 4.90 Å². The number of hydrogen-bond acceptors (Lipinski definition) is 3. The predicted molar refractivity (Wildman–Crippen MR) is 86.5 cm³/mol. The molecule has 0 N–H and O–H groups in total. The molecule has 0 spiro atoms. The first kappa shape index (κ1) is 14.8. The second kappa shape index (κ2) is 6.33. The van der Waals surface area contributed by atoms with Crippen LogP contribution in [-0.4, -0.2) is 28.3 Å². The molecule has 1 aliphatic rings. The van der Waals surface area contributed by atoms with Gasteiger partial charge in [-0.05, 0) is 25.1 Å². The van der Waals surface area contributed by atoms with Crippen LogP contribution in [0.5, 0.6) is 0 Å². The molecule has 2 aromatic rings. The number of hydrogen-bond donors (Lipinski definition) is 0. The predicted octanol–water partition coefficient (Wildman–Crippen LogP) is 2.74. The Morgan fingerprint density at radius 1 is 1.32 bits per heavy atom. The monoisotopic (exact) mass is 294 g/mol. The zero-order valence-electron chi connectivity index (χ0n) is 13.3. The van der Waals surface area contributed by atoms with Crippen molar-refractivity contribution in [1.29, 1.82) is 5.26 Å². The first-order valence-corrected chi connectivity index (χ1v) is 7.97. The van der Waals surface area contributed by atoms with Crippen molar-refractivity contribution in [3.63, 3.8) is 0 Å². The van der Waals surface area contributed by atoms with Gasteiger partial charge in [0.1, 0.15) is 0 Å². The largest absolute Gasteiger partial charge is 0.302 e. The Hall–Kier alpha value is -2.12. The SMILES string of the molecule is CCCc1nn(Cc2ccccc2C#N)c2c1CN(C)CC2. The molecule has 1 aromatic heterocycles. The molecule has 3 rings (SSSR count). The normalized spacial score (nSPS) is 14.6. The summed E-state index contributed by atoms with van der Waals surface area (Å²) in [5.74, 6) is 0. The molecule has 0 atom stereocenters. The number of benzene rings is 1. The van der Waals surface area contributed by atoms with Crippen molar-refractivity contribution in [3.05, 3.63) is 52.3 Å². The molecule has 0 amide bonds. The van der Waals surface area contributed by atoms with Crippen LogP contribution >= 0.6 is 0 Å². The van der Waals surface area contributed by atoms with Crippen LogP contribution in [0.2, 0.25) is 0 Å². The van der Waals surface area contributed by atoms with Crippen LogP contribution in [0.1, 0.15) is 41.4 Å². The van der Waals surface area contributed by atoms with Gasteiger partial charge in [0.15, 0.2) is 0 Å². The van der Waals surface area contributed by atoms with E-state index in [9.17, 15) is 5.26 Å². The number of rotatable bonds is 4. The van der Waals surface area contributed by atoms with Gasteiger partial charge in [-0.1, -0.05) is 31.5 Å². The number of likely N-dealkylation sites (N-methyl/N-ethyl adjacent to an activating group) is 1. The van der Waals surface area contributed by atoms with Crippen LogP contribution in [0.15, 0.2) is 24.3 Å². The number of nitrogens with zero attached hydrogens (tertiary/aromatic N) is 4. The van der Waals surface area contributed by atoms with Crippen molar-refractivity contribution in [1.82, 2.24) is 14.7 Å². The maximum atomic E-state index is 9.27. The minimum atomic E-state index is 0.694. The number of fused-ring (bicyclic) bond motifs is 1. The van der Waals surface area contributed by atoms with Crippen molar-refractivity contribution < 1.29 is 0 Å². The van der Waals surface area contributed by atoms with Gasteiger partial charge in [0.2, 0.25) is 0 Å². The van der Waals surface area contributed by atoms with Gasteiger partial charge in [0, 0.05) is 30.8 Å². The van der Waals surface area contributed by atoms with E-state index in [0.717, 1.165) is 43.5 Å². The molecule has 4 heteroatoms. The minimum absolute atomic E-state index is 0.694. The van der Waals surface area contributed by atoms with E-state index in [2.05, 4.69) is 29.6 Å². The van der Waals surface area contributed by atoms with Crippen molar-refractivity contribution in [2.75, 3.05) is 13.6 Å². The van der Waals surface area contributed by atoms with Crippen LogP contribution < -0.4 is 0 Å². The second-order valence-corrected chi connectivity index (χ2v) is 6.04. The lowest BCUT2D eigenvalue weighted by Crippen LogP contribution is -2.28. The standard InChI is InChI=1S/C18H22N4/c1-3-6-17-16-13-21(2)10-9-18(16)22(20-17)12-15-8-5-4-7-14(15)11-19/h4-5,7-8H,3,6,9-10,12-13H2,1-2H3. The molecule has 22 heavy (non-hydrogen) atoms. The molecule has 0 saturated carbocycles. The maximum Gasteiger partial charge on any atom is 0.0995 e. The van der Waals surface area contributed by atoms with Crippen LogP contribution in [0.4, 0.5) is 0 Å². The van der Waals surface area contributed by atoms with Crippen molar-refractivity contribution in [2.45, 2.75) is 39.3 Å². The van der Waals surface area contributed by atoms with Crippen molar-refractivity contribution in [3.8, 4) is 6.07 Å². The molecule has 0 aliphatic carbocycles. The molecular formula is C18H22N4. The highest BCUT2D eigenvalue weighted by molar-refractivity contribution is 5.38. The van der Waals surface area contributed by atoms with E-state index in [4.69, 9.17) is 5.10 Å². The summed E-state index contributed by atoms with van der Waals surface area (Å²) in [6.45, 7) is 4.96. The fourth-order valence-electron chi connectivity index (χ4n) is 3.19. The molecule has 0 saturated heterocycles. The fourth-order valence-corrected chi connectivity index (χ4v) is 3.19. The zero-order valence-corrected chi connectivity index (χ0v) is 13.3. The Labute approximate surface area is 132 Å². The fraction of sp³-hybridized carbons (Fsp3) is 0.444. The van der Waals surface area contributed by atoms with E-state index in [0.29, 0.717) is 6.54 Å². The quantitative estimate of drug-likeness (QED) is 0.871. The average Bonchev–Trinajstić information content (AvgIpc) is 2.85. The van der Waals surface area contributed by atoms with Crippen LogP contribution in [-0.2, 0) is 25.9 Å². The summed E-state index contributed by atoms with van der Waals surface area (Å²) in [4.78, 5) is 2.36. The third-order valence-corrected chi connectivity index (χ3v) is 4.35. The first-order chi connectivity index (χ1) is 10.7. The van der Waals surface area contributed by atoms with Gasteiger partial charge in [-0.15, -0.1) is 0 Å². The molecule has 4 nitrogen and oxygen atoms in total. The maximum absolute atomic E-state index is 9.27. The lowest BCUT2D eigenvalue weighted by molar-refractivity contribution is 0.307. The van der Waals surface area contributed by atoms with E-state index in [-0.39, 0.29) is 0 Å². The molecule has 0 radical (unpaired) electrons. The van der Waals surface area contributed by atoms with E-state index in [1.54, 1.807) is 0 Å². The van der Waals surface area contributed by atoms with E-state index in [1.807, 2.05) is 24.3 Å². The summed E-state index contributed by atoms with van der Waals surface area (Å²) in [5.41, 5.74) is 5.80. The van der Waals surface area contributed by atoms with Crippen molar-refractivity contribution in [2.24, 2.45) is 0 Å². The Morgan fingerprint density at radius 2 is 2.14 bits per heavy atom. The van der Waals surface area contributed by atoms with E-state index in [1.165, 1.54) is 17.0 Å². The summed E-state index contributed by atoms with van der Waals surface area (Å²) < 4.78 is 2.13. The minimum Gasteiger partial charge on any atom is -0.302 e. The van der Waals surface area contributed by atoms with Gasteiger partial charge >= 0.3 is 0 Å². The Balaban J connectivity index is 1.97. The molecule has 114 valence electrons. The highest BCUT2D eigenvalue weighted by Crippen LogP contribution is 2.24. The molecule has 1 aromatic carbocycles. The topological polar surface area (TPSA) is 44.9 Å². The Bertz CT molecular complexity index is 708.